The monoisotopic (exact) mass is 586 g/mol. The highest BCUT2D eigenvalue weighted by Gasteiger charge is 2.28. The minimum absolute atomic E-state index is 0.0335. The molecule has 1 atom stereocenters. The van der Waals surface area contributed by atoms with Gasteiger partial charge in [0.15, 0.2) is 23.0 Å². The highest BCUT2D eigenvalue weighted by molar-refractivity contribution is 7.90. The van der Waals surface area contributed by atoms with Crippen LogP contribution < -0.4 is 15.4 Å². The maximum Gasteiger partial charge on any atom is 0.319 e. The Hall–Kier alpha value is -4.03. The Kier molecular flexibility index (Phi) is 8.93. The number of nitrogens with one attached hydrogen (secondary N) is 2. The van der Waals surface area contributed by atoms with Gasteiger partial charge in [-0.25, -0.2) is 30.9 Å². The molecule has 41 heavy (non-hydrogen) atoms. The van der Waals surface area contributed by atoms with Gasteiger partial charge < -0.3 is 20.1 Å². The number of hydrogen-bond donors (Lipinski definition) is 2. The fourth-order valence-corrected chi connectivity index (χ4v) is 5.53. The van der Waals surface area contributed by atoms with E-state index in [0.717, 1.165) is 21.7 Å². The number of carbonyl (C=O) groups is 1. The molecule has 0 aliphatic rings. The first-order valence-corrected chi connectivity index (χ1v) is 14.4. The van der Waals surface area contributed by atoms with Crippen LogP contribution in [0.4, 0.5) is 19.3 Å². The average molecular weight is 587 g/mol. The standard InChI is InChI=1S/C29H32F2N4O5S/c1-17(2)19(4)22-16-35(41(37,38)21-8-6-18(3)7-9-21)28-26(22)25(10-11-32-28)40-27-23(30)14-20(15-24(27)31)34-29(36)33-12-13-39-5/h6-11,14-17,19H,12-13H2,1-5H3,(H2,33,34,36). The number of rotatable bonds is 10. The first kappa shape index (κ1) is 29.9. The van der Waals surface area contributed by atoms with E-state index < -0.39 is 33.4 Å². The molecular weight excluding hydrogens is 554 g/mol. The van der Waals surface area contributed by atoms with Crippen LogP contribution in [0.15, 0.2) is 59.8 Å². The van der Waals surface area contributed by atoms with E-state index in [1.54, 1.807) is 12.1 Å². The van der Waals surface area contributed by atoms with Gasteiger partial charge in [-0.15, -0.1) is 0 Å². The van der Waals surface area contributed by atoms with E-state index in [1.807, 2.05) is 27.7 Å². The first-order chi connectivity index (χ1) is 19.4. The Labute approximate surface area is 237 Å². The summed E-state index contributed by atoms with van der Waals surface area (Å²) in [5, 5.41) is 5.17. The predicted molar refractivity (Wildman–Crippen MR) is 152 cm³/mol. The summed E-state index contributed by atoms with van der Waals surface area (Å²) in [5.74, 6) is -2.86. The molecule has 0 radical (unpaired) electrons. The van der Waals surface area contributed by atoms with Gasteiger partial charge in [-0.1, -0.05) is 38.5 Å². The van der Waals surface area contributed by atoms with Gasteiger partial charge in [-0.05, 0) is 42.5 Å². The average Bonchev–Trinajstić information content (AvgIpc) is 3.32. The van der Waals surface area contributed by atoms with E-state index in [-0.39, 0.29) is 47.0 Å². The fourth-order valence-electron chi connectivity index (χ4n) is 4.20. The second-order valence-corrected chi connectivity index (χ2v) is 11.8. The molecule has 0 saturated heterocycles. The van der Waals surface area contributed by atoms with E-state index in [4.69, 9.17) is 9.47 Å². The van der Waals surface area contributed by atoms with E-state index in [0.29, 0.717) is 10.9 Å². The van der Waals surface area contributed by atoms with Gasteiger partial charge in [0.1, 0.15) is 5.75 Å². The van der Waals surface area contributed by atoms with Crippen LogP contribution >= 0.6 is 0 Å². The van der Waals surface area contributed by atoms with Crippen LogP contribution in [0.5, 0.6) is 11.5 Å². The molecule has 4 rings (SSSR count). The van der Waals surface area contributed by atoms with Crippen molar-refractivity contribution in [1.29, 1.82) is 0 Å². The maximum absolute atomic E-state index is 15.1. The number of urea groups is 1. The highest BCUT2D eigenvalue weighted by atomic mass is 32.2. The summed E-state index contributed by atoms with van der Waals surface area (Å²) in [7, 11) is -2.58. The molecule has 0 aliphatic heterocycles. The molecule has 9 nitrogen and oxygen atoms in total. The number of anilines is 1. The van der Waals surface area contributed by atoms with Crippen LogP contribution in [-0.4, -0.2) is 43.7 Å². The lowest BCUT2D eigenvalue weighted by Gasteiger charge is -2.16. The predicted octanol–water partition coefficient (Wildman–Crippen LogP) is 6.18. The molecule has 2 heterocycles. The smallest absolute Gasteiger partial charge is 0.319 e. The Morgan fingerprint density at radius 2 is 1.73 bits per heavy atom. The Morgan fingerprint density at radius 1 is 1.07 bits per heavy atom. The van der Waals surface area contributed by atoms with Crippen molar-refractivity contribution in [3.05, 3.63) is 77.6 Å². The molecule has 0 saturated carbocycles. The maximum atomic E-state index is 15.1. The Morgan fingerprint density at radius 3 is 2.34 bits per heavy atom. The van der Waals surface area contributed by atoms with E-state index in [2.05, 4.69) is 15.6 Å². The topological polar surface area (TPSA) is 112 Å². The quantitative estimate of drug-likeness (QED) is 0.215. The molecule has 0 spiro atoms. The minimum Gasteiger partial charge on any atom is -0.450 e. The van der Waals surface area contributed by atoms with Gasteiger partial charge in [-0.3, -0.25) is 0 Å². The van der Waals surface area contributed by atoms with Crippen molar-refractivity contribution in [2.45, 2.75) is 38.5 Å². The van der Waals surface area contributed by atoms with Gasteiger partial charge in [0, 0.05) is 43.9 Å². The number of halogens is 2. The lowest BCUT2D eigenvalue weighted by Crippen LogP contribution is -2.31. The van der Waals surface area contributed by atoms with Crippen molar-refractivity contribution in [3.8, 4) is 11.5 Å². The molecule has 0 bridgehead atoms. The van der Waals surface area contributed by atoms with Gasteiger partial charge in [-0.2, -0.15) is 0 Å². The molecule has 4 aromatic rings. The normalized spacial score (nSPS) is 12.5. The van der Waals surface area contributed by atoms with Crippen LogP contribution in [0, 0.1) is 24.5 Å². The molecule has 1 unspecified atom stereocenters. The summed E-state index contributed by atoms with van der Waals surface area (Å²) in [6.45, 7) is 8.23. The number of carbonyl (C=O) groups excluding carboxylic acids is 1. The van der Waals surface area contributed by atoms with Crippen molar-refractivity contribution in [3.63, 3.8) is 0 Å². The summed E-state index contributed by atoms with van der Waals surface area (Å²) in [6, 6.07) is 9.05. The number of aromatic nitrogens is 2. The van der Waals surface area contributed by atoms with E-state index in [1.165, 1.54) is 37.7 Å². The van der Waals surface area contributed by atoms with Gasteiger partial charge in [0.25, 0.3) is 10.0 Å². The first-order valence-electron chi connectivity index (χ1n) is 13.0. The number of methoxy groups -OCH3 is 1. The summed E-state index contributed by atoms with van der Waals surface area (Å²) >= 11 is 0. The number of aryl methyl sites for hydroxylation is 1. The van der Waals surface area contributed by atoms with Gasteiger partial charge in [0.05, 0.1) is 16.9 Å². The molecule has 2 aromatic carbocycles. The molecule has 12 heteroatoms. The number of pyridine rings is 1. The van der Waals surface area contributed by atoms with Crippen LogP contribution in [0.2, 0.25) is 0 Å². The van der Waals surface area contributed by atoms with Crippen molar-refractivity contribution in [1.82, 2.24) is 14.3 Å². The van der Waals surface area contributed by atoms with Crippen LogP contribution in [0.3, 0.4) is 0 Å². The number of benzene rings is 2. The fraction of sp³-hybridized carbons (Fsp3) is 0.310. The number of fused-ring (bicyclic) bond motifs is 1. The molecule has 2 aromatic heterocycles. The third-order valence-corrected chi connectivity index (χ3v) is 8.44. The van der Waals surface area contributed by atoms with E-state index >= 15 is 8.78 Å². The van der Waals surface area contributed by atoms with E-state index in [9.17, 15) is 13.2 Å². The summed E-state index contributed by atoms with van der Waals surface area (Å²) in [5.41, 5.74) is 1.45. The highest BCUT2D eigenvalue weighted by Crippen LogP contribution is 2.40. The molecule has 2 N–H and O–H groups in total. The van der Waals surface area contributed by atoms with Gasteiger partial charge in [0.2, 0.25) is 0 Å². The molecule has 0 aliphatic carbocycles. The molecule has 0 fully saturated rings. The zero-order valence-electron chi connectivity index (χ0n) is 23.4. The SMILES string of the molecule is COCCNC(=O)Nc1cc(F)c(Oc2ccnc3c2c(C(C)C(C)C)cn3S(=O)(=O)c2ccc(C)cc2)c(F)c1. The van der Waals surface area contributed by atoms with Crippen LogP contribution in [0.25, 0.3) is 11.0 Å². The summed E-state index contributed by atoms with van der Waals surface area (Å²) in [6.07, 6.45) is 2.81. The molecular formula is C29H32F2N4O5S. The second-order valence-electron chi connectivity index (χ2n) is 9.98. The molecule has 218 valence electrons. The zero-order chi connectivity index (χ0) is 29.9. The minimum atomic E-state index is -4.06. The second kappa shape index (κ2) is 12.2. The third-order valence-electron chi connectivity index (χ3n) is 6.77. The number of hydrogen-bond acceptors (Lipinski definition) is 6. The Bertz CT molecular complexity index is 1650. The third kappa shape index (κ3) is 6.33. The Balaban J connectivity index is 1.78. The number of nitrogens with zero attached hydrogens (tertiary/aromatic N) is 2. The van der Waals surface area contributed by atoms with Crippen LogP contribution in [-0.2, 0) is 14.8 Å². The summed E-state index contributed by atoms with van der Waals surface area (Å²) in [4.78, 5) is 16.4. The van der Waals surface area contributed by atoms with Gasteiger partial charge >= 0.3 is 6.03 Å². The van der Waals surface area contributed by atoms with Crippen molar-refractivity contribution >= 4 is 32.8 Å². The van der Waals surface area contributed by atoms with Crippen molar-refractivity contribution < 1.29 is 31.5 Å². The van der Waals surface area contributed by atoms with Crippen molar-refractivity contribution in [2.24, 2.45) is 5.92 Å². The zero-order valence-corrected chi connectivity index (χ0v) is 24.2. The lowest BCUT2D eigenvalue weighted by atomic mass is 9.90. The summed E-state index contributed by atoms with van der Waals surface area (Å²) < 4.78 is 69.3. The van der Waals surface area contributed by atoms with Crippen LogP contribution in [0.1, 0.15) is 37.8 Å². The lowest BCUT2D eigenvalue weighted by molar-refractivity contribution is 0.198. The van der Waals surface area contributed by atoms with Crippen molar-refractivity contribution in [2.75, 3.05) is 25.6 Å². The molecule has 2 amide bonds. The number of amides is 2. The largest absolute Gasteiger partial charge is 0.450 e. The number of ether oxygens (including phenoxy) is 2.